The molecule has 0 amide bonds. The molecule has 19 heavy (non-hydrogen) atoms. The molecule has 7 nitrogen and oxygen atoms in total. The normalized spacial score (nSPS) is 17.9. The summed E-state index contributed by atoms with van der Waals surface area (Å²) < 4.78 is 0. The minimum absolute atomic E-state index is 0.0434. The molecule has 3 N–H and O–H groups in total. The first-order valence-corrected chi connectivity index (χ1v) is 6.51. The van der Waals surface area contributed by atoms with Crippen LogP contribution in [0.3, 0.4) is 0 Å². The molecule has 0 radical (unpaired) electrons. The van der Waals surface area contributed by atoms with Crippen LogP contribution in [0.5, 0.6) is 0 Å². The zero-order valence-electron chi connectivity index (χ0n) is 11.1. The average molecular weight is 265 g/mol. The van der Waals surface area contributed by atoms with Crippen LogP contribution in [0.2, 0.25) is 0 Å². The van der Waals surface area contributed by atoms with Crippen LogP contribution in [-0.4, -0.2) is 21.4 Å². The van der Waals surface area contributed by atoms with Gasteiger partial charge in [-0.25, -0.2) is 4.98 Å². The number of aromatic nitrogens is 2. The Bertz CT molecular complexity index is 471. The van der Waals surface area contributed by atoms with E-state index in [1.165, 1.54) is 19.3 Å². The summed E-state index contributed by atoms with van der Waals surface area (Å²) in [6.45, 7) is 2.87. The SMILES string of the molecule is CC1(CNc2nc(N)ncc2[N+](=O)[O-])CCCCC1. The Morgan fingerprint density at radius 1 is 1.47 bits per heavy atom. The Morgan fingerprint density at radius 3 is 2.79 bits per heavy atom. The maximum absolute atomic E-state index is 10.9. The minimum atomic E-state index is -0.495. The number of anilines is 2. The molecule has 0 atom stereocenters. The van der Waals surface area contributed by atoms with Gasteiger partial charge in [-0.05, 0) is 18.3 Å². The molecule has 1 aliphatic carbocycles. The van der Waals surface area contributed by atoms with E-state index in [9.17, 15) is 10.1 Å². The van der Waals surface area contributed by atoms with Crippen molar-refractivity contribution in [3.05, 3.63) is 16.3 Å². The van der Waals surface area contributed by atoms with Crippen LogP contribution in [0.1, 0.15) is 39.0 Å². The van der Waals surface area contributed by atoms with Gasteiger partial charge in [0, 0.05) is 6.54 Å². The van der Waals surface area contributed by atoms with Crippen LogP contribution in [0, 0.1) is 15.5 Å². The third-order valence-electron chi connectivity index (χ3n) is 3.73. The molecule has 1 aromatic heterocycles. The van der Waals surface area contributed by atoms with Crippen LogP contribution in [0.15, 0.2) is 6.20 Å². The second-order valence-electron chi connectivity index (χ2n) is 5.44. The predicted molar refractivity (Wildman–Crippen MR) is 72.8 cm³/mol. The van der Waals surface area contributed by atoms with E-state index in [0.717, 1.165) is 19.0 Å². The number of nitrogens with two attached hydrogens (primary N) is 1. The summed E-state index contributed by atoms with van der Waals surface area (Å²) in [7, 11) is 0. The number of nitrogens with one attached hydrogen (secondary N) is 1. The van der Waals surface area contributed by atoms with Crippen molar-refractivity contribution in [2.45, 2.75) is 39.0 Å². The summed E-state index contributed by atoms with van der Waals surface area (Å²) in [4.78, 5) is 18.0. The zero-order valence-corrected chi connectivity index (χ0v) is 11.1. The van der Waals surface area contributed by atoms with Crippen LogP contribution >= 0.6 is 0 Å². The van der Waals surface area contributed by atoms with Crippen LogP contribution in [-0.2, 0) is 0 Å². The molecule has 104 valence electrons. The first-order valence-electron chi connectivity index (χ1n) is 6.51. The highest BCUT2D eigenvalue weighted by Gasteiger charge is 2.28. The molecule has 0 unspecified atom stereocenters. The highest BCUT2D eigenvalue weighted by molar-refractivity contribution is 5.56. The van der Waals surface area contributed by atoms with E-state index in [4.69, 9.17) is 5.73 Å². The molecule has 7 heteroatoms. The Morgan fingerprint density at radius 2 is 2.16 bits per heavy atom. The molecule has 0 bridgehead atoms. The number of nitrogen functional groups attached to an aromatic ring is 1. The third-order valence-corrected chi connectivity index (χ3v) is 3.73. The lowest BCUT2D eigenvalue weighted by Gasteiger charge is -2.33. The summed E-state index contributed by atoms with van der Waals surface area (Å²) in [6, 6.07) is 0. The maximum atomic E-state index is 10.9. The molecule has 0 saturated heterocycles. The molecule has 2 rings (SSSR count). The predicted octanol–water partition coefficient (Wildman–Crippen LogP) is 2.35. The minimum Gasteiger partial charge on any atom is -0.368 e. The molecule has 0 spiro atoms. The van der Waals surface area contributed by atoms with E-state index in [2.05, 4.69) is 22.2 Å². The third kappa shape index (κ3) is 3.30. The molecular formula is C12H19N5O2. The van der Waals surface area contributed by atoms with E-state index in [0.29, 0.717) is 6.54 Å². The van der Waals surface area contributed by atoms with Gasteiger partial charge < -0.3 is 11.1 Å². The van der Waals surface area contributed by atoms with Gasteiger partial charge in [-0.1, -0.05) is 26.2 Å². The molecule has 0 aromatic carbocycles. The highest BCUT2D eigenvalue weighted by atomic mass is 16.6. The summed E-state index contributed by atoms with van der Waals surface area (Å²) >= 11 is 0. The maximum Gasteiger partial charge on any atom is 0.329 e. The second-order valence-corrected chi connectivity index (χ2v) is 5.44. The van der Waals surface area contributed by atoms with Gasteiger partial charge >= 0.3 is 5.69 Å². The first kappa shape index (κ1) is 13.5. The van der Waals surface area contributed by atoms with Crippen molar-refractivity contribution in [2.75, 3.05) is 17.6 Å². The largest absolute Gasteiger partial charge is 0.368 e. The summed E-state index contributed by atoms with van der Waals surface area (Å²) in [5, 5.41) is 14.0. The summed E-state index contributed by atoms with van der Waals surface area (Å²) in [5.74, 6) is 0.256. The number of hydrogen-bond acceptors (Lipinski definition) is 6. The summed E-state index contributed by atoms with van der Waals surface area (Å²) in [6.07, 6.45) is 7.12. The zero-order chi connectivity index (χ0) is 13.9. The van der Waals surface area contributed by atoms with Gasteiger partial charge in [0.2, 0.25) is 11.8 Å². The van der Waals surface area contributed by atoms with E-state index in [1.54, 1.807) is 0 Å². The van der Waals surface area contributed by atoms with Crippen LogP contribution in [0.25, 0.3) is 0 Å². The lowest BCUT2D eigenvalue weighted by Crippen LogP contribution is -2.29. The van der Waals surface area contributed by atoms with Gasteiger partial charge in [0.05, 0.1) is 4.92 Å². The van der Waals surface area contributed by atoms with Gasteiger partial charge in [0.25, 0.3) is 0 Å². The lowest BCUT2D eigenvalue weighted by molar-refractivity contribution is -0.384. The van der Waals surface area contributed by atoms with Gasteiger partial charge in [0.15, 0.2) is 0 Å². The Kier molecular flexibility index (Phi) is 3.82. The molecule has 0 aliphatic heterocycles. The quantitative estimate of drug-likeness (QED) is 0.639. The Labute approximate surface area is 111 Å². The van der Waals surface area contributed by atoms with Gasteiger partial charge in [-0.2, -0.15) is 4.98 Å². The van der Waals surface area contributed by atoms with Crippen molar-refractivity contribution in [1.82, 2.24) is 9.97 Å². The Hall–Kier alpha value is -1.92. The van der Waals surface area contributed by atoms with Crippen LogP contribution < -0.4 is 11.1 Å². The Balaban J connectivity index is 2.10. The van der Waals surface area contributed by atoms with Crippen molar-refractivity contribution in [3.8, 4) is 0 Å². The van der Waals surface area contributed by atoms with Crippen molar-refractivity contribution >= 4 is 17.5 Å². The number of nitro groups is 1. The molecule has 1 heterocycles. The topological polar surface area (TPSA) is 107 Å². The fourth-order valence-electron chi connectivity index (χ4n) is 2.53. The fourth-order valence-corrected chi connectivity index (χ4v) is 2.53. The number of hydrogen-bond donors (Lipinski definition) is 2. The standard InChI is InChI=1S/C12H19N5O2/c1-12(5-3-2-4-6-12)8-15-10-9(17(18)19)7-14-11(13)16-10/h7H,2-6,8H2,1H3,(H3,13,14,15,16). The fraction of sp³-hybridized carbons (Fsp3) is 0.667. The summed E-state index contributed by atoms with van der Waals surface area (Å²) in [5.41, 5.74) is 5.53. The lowest BCUT2D eigenvalue weighted by atomic mass is 9.76. The molecule has 1 fully saturated rings. The monoisotopic (exact) mass is 265 g/mol. The van der Waals surface area contributed by atoms with Gasteiger partial charge in [-0.3, -0.25) is 10.1 Å². The van der Waals surface area contributed by atoms with Crippen LogP contribution in [0.4, 0.5) is 17.5 Å². The molecule has 1 aromatic rings. The first-order chi connectivity index (χ1) is 9.00. The molecule has 1 saturated carbocycles. The smallest absolute Gasteiger partial charge is 0.329 e. The van der Waals surface area contributed by atoms with E-state index in [1.807, 2.05) is 0 Å². The van der Waals surface area contributed by atoms with Gasteiger partial charge in [0.1, 0.15) is 6.20 Å². The van der Waals surface area contributed by atoms with Crippen molar-refractivity contribution in [1.29, 1.82) is 0 Å². The van der Waals surface area contributed by atoms with E-state index >= 15 is 0 Å². The second kappa shape index (κ2) is 5.38. The molecular weight excluding hydrogens is 246 g/mol. The van der Waals surface area contributed by atoms with Crippen molar-refractivity contribution < 1.29 is 4.92 Å². The molecule has 1 aliphatic rings. The van der Waals surface area contributed by atoms with E-state index < -0.39 is 4.92 Å². The van der Waals surface area contributed by atoms with Crippen molar-refractivity contribution in [2.24, 2.45) is 5.41 Å². The van der Waals surface area contributed by atoms with Crippen molar-refractivity contribution in [3.63, 3.8) is 0 Å². The highest BCUT2D eigenvalue weighted by Crippen LogP contribution is 2.36. The van der Waals surface area contributed by atoms with E-state index in [-0.39, 0.29) is 22.9 Å². The number of nitrogens with zero attached hydrogens (tertiary/aromatic N) is 3. The number of rotatable bonds is 4. The van der Waals surface area contributed by atoms with Gasteiger partial charge in [-0.15, -0.1) is 0 Å². The average Bonchev–Trinajstić information content (AvgIpc) is 2.37.